The summed E-state index contributed by atoms with van der Waals surface area (Å²) < 4.78 is 26.6. The van der Waals surface area contributed by atoms with Gasteiger partial charge in [0.2, 0.25) is 0 Å². The molecule has 5 nitrogen and oxygen atoms in total. The zero-order chi connectivity index (χ0) is 15.6. The number of benzene rings is 2. The molecule has 0 bridgehead atoms. The molecule has 2 rings (SSSR count). The van der Waals surface area contributed by atoms with Gasteiger partial charge >= 0.3 is 5.97 Å². The average molecular weight is 311 g/mol. The molecule has 1 N–H and O–H groups in total. The lowest BCUT2D eigenvalue weighted by molar-refractivity contribution is -0.385. The molecular weight excluding hydrogens is 304 g/mol. The number of nitro benzene ring substituents is 1. The first-order valence-corrected chi connectivity index (χ1v) is 6.35. The van der Waals surface area contributed by atoms with E-state index in [2.05, 4.69) is 0 Å². The third-order valence-corrected chi connectivity index (χ3v) is 3.56. The first-order valence-electron chi connectivity index (χ1n) is 5.53. The van der Waals surface area contributed by atoms with E-state index in [1.165, 1.54) is 24.3 Å². The summed E-state index contributed by atoms with van der Waals surface area (Å²) in [5, 5.41) is 19.7. The molecule has 0 saturated heterocycles. The Labute approximate surface area is 121 Å². The van der Waals surface area contributed by atoms with Crippen LogP contribution in [0.3, 0.4) is 0 Å². The fourth-order valence-electron chi connectivity index (χ4n) is 1.57. The van der Waals surface area contributed by atoms with E-state index in [-0.39, 0.29) is 4.90 Å². The van der Waals surface area contributed by atoms with Crippen molar-refractivity contribution in [2.75, 3.05) is 0 Å². The second kappa shape index (κ2) is 5.88. The highest BCUT2D eigenvalue weighted by Gasteiger charge is 2.23. The largest absolute Gasteiger partial charge is 0.477 e. The van der Waals surface area contributed by atoms with E-state index in [1.807, 2.05) is 0 Å². The molecule has 0 fully saturated rings. The highest BCUT2D eigenvalue weighted by atomic mass is 32.2. The van der Waals surface area contributed by atoms with Crippen molar-refractivity contribution >= 4 is 23.4 Å². The van der Waals surface area contributed by atoms with Gasteiger partial charge in [-0.05, 0) is 30.3 Å². The average Bonchev–Trinajstić information content (AvgIpc) is 2.42. The molecular formula is C13H7F2NO4S. The van der Waals surface area contributed by atoms with Gasteiger partial charge < -0.3 is 5.11 Å². The van der Waals surface area contributed by atoms with Crippen LogP contribution >= 0.6 is 11.8 Å². The predicted molar refractivity (Wildman–Crippen MR) is 70.5 cm³/mol. The normalized spacial score (nSPS) is 10.4. The van der Waals surface area contributed by atoms with Crippen LogP contribution in [0.5, 0.6) is 0 Å². The molecule has 21 heavy (non-hydrogen) atoms. The number of aromatic carboxylic acids is 1. The fraction of sp³-hybridized carbons (Fsp3) is 0. The summed E-state index contributed by atoms with van der Waals surface area (Å²) in [5.74, 6) is -2.90. The number of rotatable bonds is 4. The van der Waals surface area contributed by atoms with E-state index in [1.54, 1.807) is 0 Å². The lowest BCUT2D eigenvalue weighted by Crippen LogP contribution is -2.04. The molecule has 108 valence electrons. The molecule has 0 aliphatic rings. The third kappa shape index (κ3) is 3.34. The first kappa shape index (κ1) is 14.9. The number of carbonyl (C=O) groups is 1. The van der Waals surface area contributed by atoms with Gasteiger partial charge in [0.15, 0.2) is 0 Å². The SMILES string of the molecule is O=C(O)c1cc(Sc2ccc(F)cc2)c(F)cc1[N+](=O)[O-]. The highest BCUT2D eigenvalue weighted by molar-refractivity contribution is 7.99. The van der Waals surface area contributed by atoms with Crippen LogP contribution in [0, 0.1) is 21.7 Å². The van der Waals surface area contributed by atoms with Gasteiger partial charge in [-0.3, -0.25) is 10.1 Å². The summed E-state index contributed by atoms with van der Waals surface area (Å²) in [6.45, 7) is 0. The maximum Gasteiger partial charge on any atom is 0.342 e. The molecule has 0 saturated carbocycles. The fourth-order valence-corrected chi connectivity index (χ4v) is 2.43. The summed E-state index contributed by atoms with van der Waals surface area (Å²) in [6, 6.07) is 6.58. The Morgan fingerprint density at radius 3 is 2.33 bits per heavy atom. The highest BCUT2D eigenvalue weighted by Crippen LogP contribution is 2.34. The van der Waals surface area contributed by atoms with E-state index in [4.69, 9.17) is 5.11 Å². The number of carboxylic acid groups (broad SMARTS) is 1. The summed E-state index contributed by atoms with van der Waals surface area (Å²) in [6.07, 6.45) is 0. The Bertz CT molecular complexity index is 719. The van der Waals surface area contributed by atoms with Crippen molar-refractivity contribution in [2.45, 2.75) is 9.79 Å². The standard InChI is InChI=1S/C13H7F2NO4S/c14-7-1-3-8(4-2-7)21-12-5-9(13(17)18)11(16(19)20)6-10(12)15/h1-6H,(H,17,18). The van der Waals surface area contributed by atoms with Crippen molar-refractivity contribution in [2.24, 2.45) is 0 Å². The van der Waals surface area contributed by atoms with Crippen molar-refractivity contribution < 1.29 is 23.6 Å². The number of hydrogen-bond donors (Lipinski definition) is 1. The maximum absolute atomic E-state index is 13.8. The van der Waals surface area contributed by atoms with Crippen LogP contribution in [0.2, 0.25) is 0 Å². The van der Waals surface area contributed by atoms with Crippen molar-refractivity contribution in [3.8, 4) is 0 Å². The monoisotopic (exact) mass is 311 g/mol. The number of halogens is 2. The molecule has 0 spiro atoms. The van der Waals surface area contributed by atoms with Gasteiger partial charge in [-0.25, -0.2) is 13.6 Å². The maximum atomic E-state index is 13.8. The van der Waals surface area contributed by atoms with Crippen LogP contribution in [0.1, 0.15) is 10.4 Å². The summed E-state index contributed by atoms with van der Waals surface area (Å²) in [7, 11) is 0. The number of hydrogen-bond acceptors (Lipinski definition) is 4. The van der Waals surface area contributed by atoms with E-state index in [0.29, 0.717) is 11.0 Å². The molecule has 2 aromatic carbocycles. The van der Waals surface area contributed by atoms with Crippen LogP contribution in [0.4, 0.5) is 14.5 Å². The Morgan fingerprint density at radius 2 is 1.81 bits per heavy atom. The Kier molecular flexibility index (Phi) is 4.18. The topological polar surface area (TPSA) is 80.4 Å². The lowest BCUT2D eigenvalue weighted by Gasteiger charge is -2.05. The minimum absolute atomic E-state index is 0.0930. The van der Waals surface area contributed by atoms with Crippen LogP contribution in [-0.4, -0.2) is 16.0 Å². The third-order valence-electron chi connectivity index (χ3n) is 2.52. The minimum atomic E-state index is -1.53. The van der Waals surface area contributed by atoms with Gasteiger partial charge in [-0.15, -0.1) is 0 Å². The second-order valence-electron chi connectivity index (χ2n) is 3.92. The van der Waals surface area contributed by atoms with Gasteiger partial charge in [0.1, 0.15) is 17.2 Å². The second-order valence-corrected chi connectivity index (χ2v) is 5.03. The molecule has 0 heterocycles. The van der Waals surface area contributed by atoms with Gasteiger partial charge in [0.05, 0.1) is 11.0 Å². The molecule has 0 atom stereocenters. The molecule has 0 amide bonds. The lowest BCUT2D eigenvalue weighted by atomic mass is 10.2. The molecule has 2 aromatic rings. The smallest absolute Gasteiger partial charge is 0.342 e. The zero-order valence-electron chi connectivity index (χ0n) is 10.2. The number of nitrogens with zero attached hydrogens (tertiary/aromatic N) is 1. The van der Waals surface area contributed by atoms with Crippen LogP contribution in [0.15, 0.2) is 46.2 Å². The van der Waals surface area contributed by atoms with E-state index < -0.39 is 33.8 Å². The van der Waals surface area contributed by atoms with Crippen molar-refractivity contribution in [3.63, 3.8) is 0 Å². The van der Waals surface area contributed by atoms with E-state index >= 15 is 0 Å². The summed E-state index contributed by atoms with van der Waals surface area (Å²) in [4.78, 5) is 21.1. The molecule has 0 aliphatic carbocycles. The Balaban J connectivity index is 2.44. The molecule has 0 unspecified atom stereocenters. The quantitative estimate of drug-likeness (QED) is 0.687. The molecule has 0 radical (unpaired) electrons. The van der Waals surface area contributed by atoms with Crippen molar-refractivity contribution in [1.29, 1.82) is 0 Å². The summed E-state index contributed by atoms with van der Waals surface area (Å²) >= 11 is 0.847. The van der Waals surface area contributed by atoms with Crippen LogP contribution in [-0.2, 0) is 0 Å². The molecule has 0 aliphatic heterocycles. The number of carboxylic acids is 1. The first-order chi connectivity index (χ1) is 9.88. The van der Waals surface area contributed by atoms with Gasteiger partial charge in [0.25, 0.3) is 5.69 Å². The van der Waals surface area contributed by atoms with Gasteiger partial charge in [-0.2, -0.15) is 0 Å². The van der Waals surface area contributed by atoms with Gasteiger partial charge in [-0.1, -0.05) is 11.8 Å². The van der Waals surface area contributed by atoms with E-state index in [9.17, 15) is 23.7 Å². The number of nitro groups is 1. The minimum Gasteiger partial charge on any atom is -0.477 e. The van der Waals surface area contributed by atoms with Crippen LogP contribution < -0.4 is 0 Å². The van der Waals surface area contributed by atoms with Crippen LogP contribution in [0.25, 0.3) is 0 Å². The van der Waals surface area contributed by atoms with Gasteiger partial charge in [0, 0.05) is 9.79 Å². The molecule has 8 heteroatoms. The Hall–Kier alpha value is -2.48. The van der Waals surface area contributed by atoms with E-state index in [0.717, 1.165) is 17.8 Å². The Morgan fingerprint density at radius 1 is 1.19 bits per heavy atom. The van der Waals surface area contributed by atoms with Crippen molar-refractivity contribution in [1.82, 2.24) is 0 Å². The van der Waals surface area contributed by atoms with Crippen molar-refractivity contribution in [3.05, 3.63) is 63.7 Å². The zero-order valence-corrected chi connectivity index (χ0v) is 11.1. The predicted octanol–water partition coefficient (Wildman–Crippen LogP) is 3.72. The summed E-state index contributed by atoms with van der Waals surface area (Å²) in [5.41, 5.74) is -1.42. The molecule has 0 aromatic heterocycles.